The van der Waals surface area contributed by atoms with Gasteiger partial charge in [0.2, 0.25) is 0 Å². The summed E-state index contributed by atoms with van der Waals surface area (Å²) in [5.74, 6) is 0.712. The van der Waals surface area contributed by atoms with Crippen molar-refractivity contribution in [1.82, 2.24) is 10.2 Å². The van der Waals surface area contributed by atoms with Gasteiger partial charge in [-0.2, -0.15) is 0 Å². The Morgan fingerprint density at radius 3 is 2.65 bits per heavy atom. The number of benzene rings is 1. The van der Waals surface area contributed by atoms with Gasteiger partial charge in [0.25, 0.3) is 0 Å². The van der Waals surface area contributed by atoms with Crippen molar-refractivity contribution < 1.29 is 4.39 Å². The Labute approximate surface area is 134 Å². The summed E-state index contributed by atoms with van der Waals surface area (Å²) in [4.78, 5) is 2.51. The number of nitrogens with one attached hydrogen (secondary N) is 1. The van der Waals surface area contributed by atoms with Crippen LogP contribution in [0.15, 0.2) is 22.7 Å². The summed E-state index contributed by atoms with van der Waals surface area (Å²) in [6.45, 7) is 4.18. The smallest absolute Gasteiger partial charge is 0.123 e. The van der Waals surface area contributed by atoms with Crippen LogP contribution in [0, 0.1) is 11.7 Å². The monoisotopic (exact) mass is 362 g/mol. The van der Waals surface area contributed by atoms with Crippen LogP contribution in [-0.2, 0) is 0 Å². The Morgan fingerprint density at radius 1 is 1.30 bits per heavy atom. The maximum absolute atomic E-state index is 13.6. The highest BCUT2D eigenvalue weighted by Crippen LogP contribution is 2.41. The molecule has 1 heterocycles. The van der Waals surface area contributed by atoms with Gasteiger partial charge in [0.15, 0.2) is 0 Å². The third-order valence-electron chi connectivity index (χ3n) is 4.16. The Bertz CT molecular complexity index is 447. The molecule has 2 nitrogen and oxygen atoms in total. The second-order valence-corrected chi connectivity index (χ2v) is 6.50. The summed E-state index contributed by atoms with van der Waals surface area (Å²) >= 11 is 3.60. The summed E-state index contributed by atoms with van der Waals surface area (Å²) in [7, 11) is 0. The average Bonchev–Trinajstić information content (AvgIpc) is 3.24. The van der Waals surface area contributed by atoms with Gasteiger partial charge >= 0.3 is 0 Å². The number of hydrogen-bond acceptors (Lipinski definition) is 2. The van der Waals surface area contributed by atoms with Crippen LogP contribution < -0.4 is 5.32 Å². The standard InChI is InChI=1S/C15H20BrFN2.ClH/c16-14-4-3-12(17)10-13(14)15(9-11-1-2-11)19-7-5-18-6-8-19;/h3-4,10-11,15,18H,1-2,5-9H2;1H/t15-;/m0./s1. The van der Waals surface area contributed by atoms with E-state index in [-0.39, 0.29) is 18.2 Å². The fourth-order valence-electron chi connectivity index (χ4n) is 2.91. The van der Waals surface area contributed by atoms with Gasteiger partial charge in [-0.25, -0.2) is 4.39 Å². The molecule has 1 aliphatic heterocycles. The van der Waals surface area contributed by atoms with Crippen LogP contribution in [0.5, 0.6) is 0 Å². The number of rotatable bonds is 4. The molecule has 20 heavy (non-hydrogen) atoms. The molecule has 1 aromatic carbocycles. The molecule has 1 aromatic rings. The van der Waals surface area contributed by atoms with Crippen molar-refractivity contribution >= 4 is 28.3 Å². The number of hydrogen-bond donors (Lipinski definition) is 1. The lowest BCUT2D eigenvalue weighted by Crippen LogP contribution is -2.45. The molecule has 1 saturated carbocycles. The molecule has 0 aromatic heterocycles. The molecule has 1 saturated heterocycles. The van der Waals surface area contributed by atoms with E-state index in [0.29, 0.717) is 6.04 Å². The second-order valence-electron chi connectivity index (χ2n) is 5.65. The van der Waals surface area contributed by atoms with Gasteiger partial charge in [-0.15, -0.1) is 12.4 Å². The van der Waals surface area contributed by atoms with Crippen LogP contribution in [0.4, 0.5) is 4.39 Å². The zero-order valence-electron chi connectivity index (χ0n) is 11.4. The molecular formula is C15H21BrClFN2. The SMILES string of the molecule is Cl.Fc1ccc(Br)c([C@H](CC2CC2)N2CCNCC2)c1. The van der Waals surface area contributed by atoms with Gasteiger partial charge in [0, 0.05) is 36.7 Å². The van der Waals surface area contributed by atoms with Gasteiger partial charge < -0.3 is 5.32 Å². The molecule has 112 valence electrons. The van der Waals surface area contributed by atoms with Gasteiger partial charge in [-0.1, -0.05) is 28.8 Å². The van der Waals surface area contributed by atoms with Gasteiger partial charge in [0.05, 0.1) is 0 Å². The largest absolute Gasteiger partial charge is 0.314 e. The molecule has 1 atom stereocenters. The van der Waals surface area contributed by atoms with E-state index in [1.807, 2.05) is 6.07 Å². The average molecular weight is 364 g/mol. The lowest BCUT2D eigenvalue weighted by Gasteiger charge is -2.36. The van der Waals surface area contributed by atoms with E-state index >= 15 is 0 Å². The Hall–Kier alpha value is -0.160. The number of nitrogens with zero attached hydrogens (tertiary/aromatic N) is 1. The first kappa shape index (κ1) is 16.2. The van der Waals surface area contributed by atoms with Crippen LogP contribution in [-0.4, -0.2) is 31.1 Å². The van der Waals surface area contributed by atoms with Crippen LogP contribution in [0.2, 0.25) is 0 Å². The predicted molar refractivity (Wildman–Crippen MR) is 85.9 cm³/mol. The quantitative estimate of drug-likeness (QED) is 0.876. The fraction of sp³-hybridized carbons (Fsp3) is 0.600. The van der Waals surface area contributed by atoms with E-state index in [4.69, 9.17) is 0 Å². The third-order valence-corrected chi connectivity index (χ3v) is 4.89. The minimum absolute atomic E-state index is 0. The summed E-state index contributed by atoms with van der Waals surface area (Å²) in [6.07, 6.45) is 3.85. The third kappa shape index (κ3) is 3.94. The van der Waals surface area contributed by atoms with E-state index in [9.17, 15) is 4.39 Å². The molecule has 0 bridgehead atoms. The van der Waals surface area contributed by atoms with Crippen LogP contribution >= 0.6 is 28.3 Å². The minimum atomic E-state index is -0.130. The zero-order valence-corrected chi connectivity index (χ0v) is 13.9. The highest BCUT2D eigenvalue weighted by Gasteiger charge is 2.31. The van der Waals surface area contributed by atoms with Crippen LogP contribution in [0.3, 0.4) is 0 Å². The number of piperazine rings is 1. The predicted octanol–water partition coefficient (Wildman–Crippen LogP) is 3.76. The fourth-order valence-corrected chi connectivity index (χ4v) is 3.42. The van der Waals surface area contributed by atoms with Crippen molar-refractivity contribution in [2.24, 2.45) is 5.92 Å². The molecule has 0 spiro atoms. The van der Waals surface area contributed by atoms with E-state index in [2.05, 4.69) is 26.1 Å². The Kier molecular flexibility index (Phi) is 5.84. The highest BCUT2D eigenvalue weighted by atomic mass is 79.9. The van der Waals surface area contributed by atoms with Crippen molar-refractivity contribution in [2.45, 2.75) is 25.3 Å². The normalized spacial score (nSPS) is 21.3. The maximum atomic E-state index is 13.6. The van der Waals surface area contributed by atoms with Crippen molar-refractivity contribution in [1.29, 1.82) is 0 Å². The number of halogens is 3. The van der Waals surface area contributed by atoms with Crippen LogP contribution in [0.1, 0.15) is 30.9 Å². The molecule has 5 heteroatoms. The van der Waals surface area contributed by atoms with Crippen molar-refractivity contribution in [2.75, 3.05) is 26.2 Å². The molecule has 0 amide bonds. The maximum Gasteiger partial charge on any atom is 0.123 e. The van der Waals surface area contributed by atoms with E-state index in [1.54, 1.807) is 6.07 Å². The van der Waals surface area contributed by atoms with Crippen molar-refractivity contribution in [3.63, 3.8) is 0 Å². The zero-order chi connectivity index (χ0) is 13.2. The minimum Gasteiger partial charge on any atom is -0.314 e. The first-order chi connectivity index (χ1) is 9.24. The van der Waals surface area contributed by atoms with E-state index < -0.39 is 0 Å². The van der Waals surface area contributed by atoms with Crippen molar-refractivity contribution in [3.05, 3.63) is 34.1 Å². The first-order valence-corrected chi connectivity index (χ1v) is 7.93. The molecule has 2 fully saturated rings. The Balaban J connectivity index is 0.00000147. The second kappa shape index (κ2) is 7.21. The topological polar surface area (TPSA) is 15.3 Å². The first-order valence-electron chi connectivity index (χ1n) is 7.14. The summed E-state index contributed by atoms with van der Waals surface area (Å²) < 4.78 is 14.6. The van der Waals surface area contributed by atoms with E-state index in [1.165, 1.54) is 25.3 Å². The highest BCUT2D eigenvalue weighted by molar-refractivity contribution is 9.10. The van der Waals surface area contributed by atoms with Gasteiger partial charge in [0.1, 0.15) is 5.82 Å². The molecule has 0 unspecified atom stereocenters. The Morgan fingerprint density at radius 2 is 2.00 bits per heavy atom. The molecular weight excluding hydrogens is 343 g/mol. The summed E-state index contributed by atoms with van der Waals surface area (Å²) in [5, 5.41) is 3.39. The lowest BCUT2D eigenvalue weighted by molar-refractivity contribution is 0.160. The molecule has 2 aliphatic rings. The summed E-state index contributed by atoms with van der Waals surface area (Å²) in [6, 6.07) is 5.44. The molecule has 0 radical (unpaired) electrons. The molecule has 3 rings (SSSR count). The molecule has 1 aliphatic carbocycles. The lowest BCUT2D eigenvalue weighted by atomic mass is 9.98. The summed E-state index contributed by atoms with van der Waals surface area (Å²) in [5.41, 5.74) is 1.12. The van der Waals surface area contributed by atoms with E-state index in [0.717, 1.165) is 42.1 Å². The van der Waals surface area contributed by atoms with Crippen LogP contribution in [0.25, 0.3) is 0 Å². The van der Waals surface area contributed by atoms with Gasteiger partial charge in [-0.05, 0) is 36.1 Å². The van der Waals surface area contributed by atoms with Gasteiger partial charge in [-0.3, -0.25) is 4.90 Å². The molecule has 1 N–H and O–H groups in total. The van der Waals surface area contributed by atoms with Crippen molar-refractivity contribution in [3.8, 4) is 0 Å².